The molecule has 2 N–H and O–H groups in total. The first-order valence-corrected chi connectivity index (χ1v) is 14.9. The molecule has 0 unspecified atom stereocenters. The summed E-state index contributed by atoms with van der Waals surface area (Å²) in [6.07, 6.45) is 5.20. The molecule has 1 aliphatic rings. The molecule has 0 saturated carbocycles. The maximum Gasteiger partial charge on any atom is 0.316 e. The van der Waals surface area contributed by atoms with E-state index >= 15 is 0 Å². The second-order valence-electron chi connectivity index (χ2n) is 7.48. The highest BCUT2D eigenvalue weighted by molar-refractivity contribution is 9.10. The number of benzene rings is 1. The van der Waals surface area contributed by atoms with E-state index in [1.165, 1.54) is 12.4 Å². The zero-order chi connectivity index (χ0) is 26.5. The van der Waals surface area contributed by atoms with Crippen LogP contribution < -0.4 is 28.4 Å². The molecule has 0 saturated heterocycles. The van der Waals surface area contributed by atoms with Gasteiger partial charge in [0.2, 0.25) is 12.7 Å². The molecule has 0 radical (unpaired) electrons. The van der Waals surface area contributed by atoms with E-state index in [1.807, 2.05) is 0 Å². The predicted molar refractivity (Wildman–Crippen MR) is 135 cm³/mol. The molecule has 3 heterocycles. The molecule has 0 amide bonds. The van der Waals surface area contributed by atoms with Gasteiger partial charge in [-0.15, -0.1) is 0 Å². The highest BCUT2D eigenvalue weighted by Crippen LogP contribution is 2.40. The van der Waals surface area contributed by atoms with E-state index in [4.69, 9.17) is 18.9 Å². The number of sulfone groups is 1. The normalized spacial score (nSPS) is 12.8. The third kappa shape index (κ3) is 7.61. The van der Waals surface area contributed by atoms with E-state index < -0.39 is 20.0 Å². The lowest BCUT2D eigenvalue weighted by Crippen LogP contribution is -2.34. The summed E-state index contributed by atoms with van der Waals surface area (Å²) in [6, 6.07) is 5.11. The van der Waals surface area contributed by atoms with Crippen LogP contribution in [0.25, 0.3) is 11.1 Å². The monoisotopic (exact) mass is 616 g/mol. The third-order valence-electron chi connectivity index (χ3n) is 4.62. The van der Waals surface area contributed by atoms with Crippen molar-refractivity contribution < 1.29 is 35.8 Å². The summed E-state index contributed by atoms with van der Waals surface area (Å²) in [4.78, 5) is 16.2. The molecular formula is C20H21BrN6O8S2. The lowest BCUT2D eigenvalue weighted by molar-refractivity contribution is 0.174. The Labute approximate surface area is 221 Å². The van der Waals surface area contributed by atoms with E-state index in [0.717, 1.165) is 12.6 Å². The standard InChI is InChI=1S/C20H21BrN6O8S2/c1-36(28,29)7-4-26-37(30,31)27-18-17(13-2-3-15-16(8-13)35-12-34-15)19(25-11-24-18)32-5-6-33-20-22-9-14(21)10-23-20/h2-3,8-11,26H,4-7,12H2,1H3,(H,24,25,27). The number of aromatic nitrogens is 4. The van der Waals surface area contributed by atoms with Gasteiger partial charge in [-0.2, -0.15) is 13.1 Å². The number of nitrogens with one attached hydrogen (secondary N) is 2. The Hall–Kier alpha value is -3.28. The number of hydrogen-bond acceptors (Lipinski definition) is 12. The Balaban J connectivity index is 1.56. The summed E-state index contributed by atoms with van der Waals surface area (Å²) < 4.78 is 75.1. The van der Waals surface area contributed by atoms with Crippen molar-refractivity contribution >= 4 is 41.8 Å². The van der Waals surface area contributed by atoms with Gasteiger partial charge < -0.3 is 18.9 Å². The first-order chi connectivity index (χ1) is 17.6. The summed E-state index contributed by atoms with van der Waals surface area (Å²) in [5.74, 6) is 0.554. The smallest absolute Gasteiger partial charge is 0.316 e. The highest BCUT2D eigenvalue weighted by atomic mass is 79.9. The fourth-order valence-corrected chi connectivity index (χ4v) is 4.70. The Kier molecular flexibility index (Phi) is 8.25. The van der Waals surface area contributed by atoms with Gasteiger partial charge in [0.15, 0.2) is 17.3 Å². The topological polar surface area (TPSA) is 181 Å². The fourth-order valence-electron chi connectivity index (χ4n) is 3.04. The second kappa shape index (κ2) is 11.4. The van der Waals surface area contributed by atoms with E-state index in [0.29, 0.717) is 21.5 Å². The zero-order valence-electron chi connectivity index (χ0n) is 19.2. The summed E-state index contributed by atoms with van der Waals surface area (Å²) in [6.45, 7) is -0.183. The molecule has 0 aliphatic carbocycles. The van der Waals surface area contributed by atoms with E-state index in [9.17, 15) is 16.8 Å². The minimum absolute atomic E-state index is 0.0206. The second-order valence-corrected chi connectivity index (χ2v) is 12.2. The SMILES string of the molecule is CS(=O)(=O)CCNS(=O)(=O)Nc1ncnc(OCCOc2ncc(Br)cn2)c1-c1ccc2c(c1)OCO2. The quantitative estimate of drug-likeness (QED) is 0.278. The molecule has 0 fully saturated rings. The number of ether oxygens (including phenoxy) is 4. The molecule has 0 spiro atoms. The molecule has 3 aromatic rings. The summed E-state index contributed by atoms with van der Waals surface area (Å²) in [5, 5.41) is 0. The average Bonchev–Trinajstić information content (AvgIpc) is 3.30. The van der Waals surface area contributed by atoms with Crippen LogP contribution in [0.3, 0.4) is 0 Å². The van der Waals surface area contributed by atoms with Crippen LogP contribution in [-0.2, 0) is 20.0 Å². The lowest BCUT2D eigenvalue weighted by Gasteiger charge is -2.16. The molecular weight excluding hydrogens is 596 g/mol. The molecule has 4 rings (SSSR count). The van der Waals surface area contributed by atoms with Crippen LogP contribution in [0.15, 0.2) is 41.4 Å². The Bertz CT molecular complexity index is 1470. The van der Waals surface area contributed by atoms with Gasteiger partial charge in [0.1, 0.15) is 29.4 Å². The molecule has 0 bridgehead atoms. The van der Waals surface area contributed by atoms with Crippen LogP contribution in [0, 0.1) is 0 Å². The molecule has 37 heavy (non-hydrogen) atoms. The van der Waals surface area contributed by atoms with Crippen molar-refractivity contribution in [2.45, 2.75) is 0 Å². The van der Waals surface area contributed by atoms with Crippen LogP contribution in [0.5, 0.6) is 23.4 Å². The number of fused-ring (bicyclic) bond motifs is 1. The number of anilines is 1. The minimum Gasteiger partial charge on any atom is -0.473 e. The Morgan fingerprint density at radius 1 is 1.00 bits per heavy atom. The maximum absolute atomic E-state index is 12.6. The van der Waals surface area contributed by atoms with Gasteiger partial charge in [-0.3, -0.25) is 4.72 Å². The van der Waals surface area contributed by atoms with E-state index in [2.05, 4.69) is 45.3 Å². The van der Waals surface area contributed by atoms with Crippen LogP contribution >= 0.6 is 15.9 Å². The van der Waals surface area contributed by atoms with Crippen molar-refractivity contribution in [3.63, 3.8) is 0 Å². The van der Waals surface area contributed by atoms with E-state index in [1.54, 1.807) is 18.2 Å². The minimum atomic E-state index is -4.19. The van der Waals surface area contributed by atoms with Gasteiger partial charge in [-0.25, -0.2) is 28.4 Å². The largest absolute Gasteiger partial charge is 0.473 e. The number of hydrogen-bond donors (Lipinski definition) is 2. The average molecular weight is 617 g/mol. The lowest BCUT2D eigenvalue weighted by atomic mass is 10.1. The van der Waals surface area contributed by atoms with Crippen LogP contribution in [0.1, 0.15) is 0 Å². The van der Waals surface area contributed by atoms with Crippen molar-refractivity contribution in [2.75, 3.05) is 43.3 Å². The van der Waals surface area contributed by atoms with Crippen LogP contribution in [0.4, 0.5) is 5.82 Å². The summed E-state index contributed by atoms with van der Waals surface area (Å²) in [5.41, 5.74) is 0.694. The van der Waals surface area contributed by atoms with Crippen LogP contribution in [0.2, 0.25) is 0 Å². The molecule has 0 atom stereocenters. The van der Waals surface area contributed by atoms with Crippen molar-refractivity contribution in [1.82, 2.24) is 24.7 Å². The maximum atomic E-state index is 12.6. The molecule has 17 heteroatoms. The van der Waals surface area contributed by atoms with Gasteiger partial charge in [0.25, 0.3) is 10.2 Å². The van der Waals surface area contributed by atoms with Gasteiger partial charge >= 0.3 is 6.01 Å². The highest BCUT2D eigenvalue weighted by Gasteiger charge is 2.23. The van der Waals surface area contributed by atoms with Crippen LogP contribution in [-0.4, -0.2) is 75.3 Å². The number of halogens is 1. The van der Waals surface area contributed by atoms with Gasteiger partial charge in [-0.05, 0) is 33.6 Å². The zero-order valence-corrected chi connectivity index (χ0v) is 22.5. The van der Waals surface area contributed by atoms with Crippen molar-refractivity contribution in [3.05, 3.63) is 41.4 Å². The Morgan fingerprint density at radius 2 is 1.73 bits per heavy atom. The van der Waals surface area contributed by atoms with Gasteiger partial charge in [0.05, 0.1) is 15.8 Å². The van der Waals surface area contributed by atoms with Gasteiger partial charge in [0, 0.05) is 25.2 Å². The fraction of sp³-hybridized carbons (Fsp3) is 0.300. The molecule has 14 nitrogen and oxygen atoms in total. The van der Waals surface area contributed by atoms with Gasteiger partial charge in [-0.1, -0.05) is 6.07 Å². The number of nitrogens with zero attached hydrogens (tertiary/aromatic N) is 4. The third-order valence-corrected chi connectivity index (χ3v) is 7.02. The van der Waals surface area contributed by atoms with Crippen molar-refractivity contribution in [2.24, 2.45) is 0 Å². The molecule has 1 aliphatic heterocycles. The summed E-state index contributed by atoms with van der Waals surface area (Å²) in [7, 11) is -7.56. The first kappa shape index (κ1) is 26.8. The molecule has 1 aromatic carbocycles. The van der Waals surface area contributed by atoms with Crippen molar-refractivity contribution in [3.8, 4) is 34.5 Å². The van der Waals surface area contributed by atoms with Crippen molar-refractivity contribution in [1.29, 1.82) is 0 Å². The molecule has 2 aromatic heterocycles. The predicted octanol–water partition coefficient (Wildman–Crippen LogP) is 1.17. The van der Waals surface area contributed by atoms with E-state index in [-0.39, 0.29) is 55.6 Å². The summed E-state index contributed by atoms with van der Waals surface area (Å²) >= 11 is 3.24. The first-order valence-electron chi connectivity index (χ1n) is 10.5. The Morgan fingerprint density at radius 3 is 2.49 bits per heavy atom. The number of rotatable bonds is 12. The molecule has 198 valence electrons.